The molecule has 0 aromatic heterocycles. The molecule has 0 fully saturated rings. The summed E-state index contributed by atoms with van der Waals surface area (Å²) in [6.45, 7) is 0. The molecule has 0 radical (unpaired) electrons. The molecule has 0 aliphatic carbocycles. The average Bonchev–Trinajstić information content (AvgIpc) is 2.17. The van der Waals surface area contributed by atoms with Crippen LogP contribution in [0.4, 0.5) is 0 Å². The van der Waals surface area contributed by atoms with E-state index >= 15 is 0 Å². The summed E-state index contributed by atoms with van der Waals surface area (Å²) in [5.74, 6) is 1.28. The van der Waals surface area contributed by atoms with E-state index < -0.39 is 18.4 Å². The maximum absolute atomic E-state index is 2.53. The van der Waals surface area contributed by atoms with Crippen LogP contribution in [0.3, 0.4) is 0 Å². The van der Waals surface area contributed by atoms with Crippen molar-refractivity contribution in [2.45, 2.75) is 37.0 Å². The normalized spacial score (nSPS) is 11.7. The molecule has 2 heteroatoms. The van der Waals surface area contributed by atoms with Gasteiger partial charge in [-0.2, -0.15) is 0 Å². The van der Waals surface area contributed by atoms with Crippen LogP contribution in [0.25, 0.3) is 0 Å². The van der Waals surface area contributed by atoms with Crippen LogP contribution in [0.2, 0.25) is 19.3 Å². The molecule has 0 saturated carbocycles. The Morgan fingerprint density at radius 1 is 1.00 bits per heavy atom. The number of hydrogen-bond donors (Lipinski definition) is 0. The van der Waals surface area contributed by atoms with Gasteiger partial charge in [-0.3, -0.25) is 0 Å². The maximum atomic E-state index is 2.53. The van der Waals surface area contributed by atoms with Crippen LogP contribution in [-0.2, 0) is 0 Å². The van der Waals surface area contributed by atoms with Crippen molar-refractivity contribution < 1.29 is 0 Å². The summed E-state index contributed by atoms with van der Waals surface area (Å²) in [6, 6.07) is 10.7. The minimum atomic E-state index is -1.46. The molecule has 0 unspecified atom stereocenters. The molecule has 0 amide bonds. The molecule has 0 saturated heterocycles. The molecular formula is C13H22SSn. The fourth-order valence-electron chi connectivity index (χ4n) is 1.46. The molecule has 0 aliphatic heterocycles. The van der Waals surface area contributed by atoms with Crippen LogP contribution in [-0.4, -0.2) is 24.1 Å². The van der Waals surface area contributed by atoms with E-state index in [9.17, 15) is 0 Å². The van der Waals surface area contributed by atoms with E-state index in [0.717, 1.165) is 0 Å². The molecule has 1 rings (SSSR count). The monoisotopic (exact) mass is 330 g/mol. The molecule has 15 heavy (non-hydrogen) atoms. The summed E-state index contributed by atoms with van der Waals surface area (Å²) in [7, 11) is 0. The fourth-order valence-corrected chi connectivity index (χ4v) is 6.14. The first-order valence-corrected chi connectivity index (χ1v) is 17.3. The first kappa shape index (κ1) is 13.4. The number of thioether (sulfide) groups is 1. The van der Waals surface area contributed by atoms with Crippen LogP contribution in [0, 0.1) is 0 Å². The van der Waals surface area contributed by atoms with Gasteiger partial charge in [0.05, 0.1) is 0 Å². The van der Waals surface area contributed by atoms with E-state index in [1.54, 1.807) is 4.44 Å². The predicted octanol–water partition coefficient (Wildman–Crippen LogP) is 4.90. The molecule has 0 bridgehead atoms. The number of unbranched alkanes of at least 4 members (excludes halogenated alkanes) is 1. The zero-order valence-electron chi connectivity index (χ0n) is 10.1. The summed E-state index contributed by atoms with van der Waals surface area (Å²) in [5.41, 5.74) is 0. The Bertz CT molecular complexity index is 264. The predicted molar refractivity (Wildman–Crippen MR) is 74.6 cm³/mol. The Kier molecular flexibility index (Phi) is 6.13. The van der Waals surface area contributed by atoms with Gasteiger partial charge in [0.25, 0.3) is 0 Å². The van der Waals surface area contributed by atoms with Crippen molar-refractivity contribution in [2.24, 2.45) is 0 Å². The standard InChI is InChI=1S/C10H13S.3CH3.Sn/c1-2-3-9-11-10-7-5-4-6-8-10;;;;/h4-8H,1-3,9H2;3*1H3;. The molecule has 1 aromatic carbocycles. The minimum absolute atomic E-state index is 1.28. The van der Waals surface area contributed by atoms with Crippen molar-refractivity contribution in [1.82, 2.24) is 0 Å². The van der Waals surface area contributed by atoms with Gasteiger partial charge >= 0.3 is 103 Å². The number of hydrogen-bond acceptors (Lipinski definition) is 1. The van der Waals surface area contributed by atoms with Crippen molar-refractivity contribution in [2.75, 3.05) is 5.75 Å². The van der Waals surface area contributed by atoms with Crippen LogP contribution < -0.4 is 0 Å². The summed E-state index contributed by atoms with van der Waals surface area (Å²) >= 11 is 0.536. The summed E-state index contributed by atoms with van der Waals surface area (Å²) in [6.07, 6.45) is 2.83. The van der Waals surface area contributed by atoms with Crippen LogP contribution in [0.1, 0.15) is 12.8 Å². The van der Waals surface area contributed by atoms with Gasteiger partial charge in [0.1, 0.15) is 0 Å². The second kappa shape index (κ2) is 6.85. The van der Waals surface area contributed by atoms with E-state index in [0.29, 0.717) is 0 Å². The number of rotatable bonds is 6. The van der Waals surface area contributed by atoms with Crippen molar-refractivity contribution in [3.63, 3.8) is 0 Å². The van der Waals surface area contributed by atoms with Gasteiger partial charge in [0, 0.05) is 0 Å². The summed E-state index contributed by atoms with van der Waals surface area (Å²) < 4.78 is 1.55. The summed E-state index contributed by atoms with van der Waals surface area (Å²) in [4.78, 5) is 8.99. The van der Waals surface area contributed by atoms with Crippen LogP contribution in [0.5, 0.6) is 0 Å². The topological polar surface area (TPSA) is 0 Å². The van der Waals surface area contributed by atoms with E-state index in [2.05, 4.69) is 45.2 Å². The van der Waals surface area contributed by atoms with Crippen molar-refractivity contribution in [3.8, 4) is 0 Å². The Morgan fingerprint density at radius 2 is 1.67 bits per heavy atom. The quantitative estimate of drug-likeness (QED) is 0.406. The molecular weight excluding hydrogens is 307 g/mol. The SMILES string of the molecule is [CH3][Sn]([CH3])([CH3])[CH2]CCCSc1ccccc1. The molecule has 0 atom stereocenters. The first-order chi connectivity index (χ1) is 7.08. The van der Waals surface area contributed by atoms with E-state index in [-0.39, 0.29) is 0 Å². The Balaban J connectivity index is 2.08. The first-order valence-electron chi connectivity index (χ1n) is 5.76. The van der Waals surface area contributed by atoms with Crippen molar-refractivity contribution in [1.29, 1.82) is 0 Å². The molecule has 84 valence electrons. The average molecular weight is 329 g/mol. The van der Waals surface area contributed by atoms with Crippen molar-refractivity contribution >= 4 is 30.1 Å². The summed E-state index contributed by atoms with van der Waals surface area (Å²) in [5, 5.41) is 0. The van der Waals surface area contributed by atoms with Gasteiger partial charge in [0.15, 0.2) is 0 Å². The van der Waals surface area contributed by atoms with E-state index in [1.165, 1.54) is 23.5 Å². The third-order valence-electron chi connectivity index (χ3n) is 2.33. The van der Waals surface area contributed by atoms with Crippen molar-refractivity contribution in [3.05, 3.63) is 30.3 Å². The zero-order chi connectivity index (χ0) is 11.1. The molecule has 0 nitrogen and oxygen atoms in total. The van der Waals surface area contributed by atoms with Gasteiger partial charge in [-0.15, -0.1) is 0 Å². The third-order valence-corrected chi connectivity index (χ3v) is 8.72. The zero-order valence-corrected chi connectivity index (χ0v) is 13.8. The second-order valence-electron chi connectivity index (χ2n) is 5.18. The molecule has 0 spiro atoms. The fraction of sp³-hybridized carbons (Fsp3) is 0.538. The van der Waals surface area contributed by atoms with Gasteiger partial charge < -0.3 is 0 Å². The van der Waals surface area contributed by atoms with E-state index in [1.807, 2.05) is 11.8 Å². The number of benzene rings is 1. The van der Waals surface area contributed by atoms with Crippen LogP contribution >= 0.6 is 11.8 Å². The Labute approximate surface area is 103 Å². The second-order valence-corrected chi connectivity index (χ2v) is 22.4. The molecule has 1 aromatic rings. The van der Waals surface area contributed by atoms with Gasteiger partial charge in [-0.05, 0) is 0 Å². The van der Waals surface area contributed by atoms with Gasteiger partial charge in [-0.1, -0.05) is 0 Å². The van der Waals surface area contributed by atoms with Gasteiger partial charge in [-0.25, -0.2) is 0 Å². The molecule has 0 heterocycles. The van der Waals surface area contributed by atoms with E-state index in [4.69, 9.17) is 0 Å². The third kappa shape index (κ3) is 7.29. The van der Waals surface area contributed by atoms with Gasteiger partial charge in [0.2, 0.25) is 0 Å². The molecule has 0 aliphatic rings. The Hall–Kier alpha value is 0.369. The molecule has 0 N–H and O–H groups in total. The van der Waals surface area contributed by atoms with Crippen LogP contribution in [0.15, 0.2) is 35.2 Å². The Morgan fingerprint density at radius 3 is 2.27 bits per heavy atom.